The van der Waals surface area contributed by atoms with Gasteiger partial charge in [-0.2, -0.15) is 5.10 Å². The molecule has 1 aromatic rings. The minimum atomic E-state index is 0.631. The first-order valence-corrected chi connectivity index (χ1v) is 6.99. The highest BCUT2D eigenvalue weighted by atomic mass is 79.9. The molecule has 0 saturated heterocycles. The van der Waals surface area contributed by atoms with Gasteiger partial charge in [-0.15, -0.1) is 0 Å². The van der Waals surface area contributed by atoms with Crippen LogP contribution >= 0.6 is 15.9 Å². The van der Waals surface area contributed by atoms with Crippen molar-refractivity contribution >= 4 is 15.9 Å². The summed E-state index contributed by atoms with van der Waals surface area (Å²) in [5, 5.41) is 4.67. The van der Waals surface area contributed by atoms with Crippen molar-refractivity contribution in [2.45, 2.75) is 51.2 Å². The lowest BCUT2D eigenvalue weighted by Gasteiger charge is -2.25. The fraction of sp³-hybridized carbons (Fsp3) is 0.750. The summed E-state index contributed by atoms with van der Waals surface area (Å²) in [5.74, 6) is 0. The van der Waals surface area contributed by atoms with E-state index in [1.165, 1.54) is 43.4 Å². The molecule has 2 aliphatic rings. The normalized spacial score (nSPS) is 22.1. The van der Waals surface area contributed by atoms with Crippen LogP contribution in [0, 0.1) is 0 Å². The molecule has 0 radical (unpaired) electrons. The molecular formula is C12H17BrN2O. The molecule has 3 nitrogen and oxygen atoms in total. The summed E-state index contributed by atoms with van der Waals surface area (Å²) >= 11 is 3.56. The average Bonchev–Trinajstić information content (AvgIpc) is 2.69. The Balaban J connectivity index is 1.93. The molecule has 1 aromatic heterocycles. The summed E-state index contributed by atoms with van der Waals surface area (Å²) in [4.78, 5) is 0. The van der Waals surface area contributed by atoms with Crippen molar-refractivity contribution < 1.29 is 4.74 Å². The molecule has 1 aliphatic heterocycles. The second-order valence-electron chi connectivity index (χ2n) is 4.76. The Bertz CT molecular complexity index is 383. The molecule has 0 atom stereocenters. The number of fused-ring (bicyclic) bond motifs is 1. The summed E-state index contributed by atoms with van der Waals surface area (Å²) in [5.41, 5.74) is 2.68. The number of hydrogen-bond acceptors (Lipinski definition) is 2. The van der Waals surface area contributed by atoms with E-state index in [0.717, 1.165) is 24.2 Å². The maximum absolute atomic E-state index is 5.49. The number of hydrogen-bond donors (Lipinski definition) is 0. The quantitative estimate of drug-likeness (QED) is 0.792. The van der Waals surface area contributed by atoms with E-state index >= 15 is 0 Å². The van der Waals surface area contributed by atoms with Crippen LogP contribution in [0.5, 0.6) is 0 Å². The first-order chi connectivity index (χ1) is 7.86. The van der Waals surface area contributed by atoms with Gasteiger partial charge in [-0.25, -0.2) is 0 Å². The first-order valence-electron chi connectivity index (χ1n) is 6.20. The minimum Gasteiger partial charge on any atom is -0.376 e. The third kappa shape index (κ3) is 1.82. The smallest absolute Gasteiger partial charge is 0.133 e. The summed E-state index contributed by atoms with van der Waals surface area (Å²) in [6.07, 6.45) is 7.71. The standard InChI is InChI=1S/C12H17BrN2O/c13-12-10-8-16-7-6-11(10)15(14-12)9-4-2-1-3-5-9/h9H,1-8H2. The largest absolute Gasteiger partial charge is 0.376 e. The van der Waals surface area contributed by atoms with Crippen molar-refractivity contribution in [3.63, 3.8) is 0 Å². The van der Waals surface area contributed by atoms with E-state index in [9.17, 15) is 0 Å². The van der Waals surface area contributed by atoms with Gasteiger partial charge in [0.1, 0.15) is 4.60 Å². The predicted octanol–water partition coefficient (Wildman–Crippen LogP) is 3.22. The van der Waals surface area contributed by atoms with Crippen LogP contribution in [-0.2, 0) is 17.8 Å². The van der Waals surface area contributed by atoms with E-state index in [2.05, 4.69) is 25.7 Å². The molecule has 1 saturated carbocycles. The summed E-state index contributed by atoms with van der Waals surface area (Å²) in [6, 6.07) is 0.631. The molecule has 1 aliphatic carbocycles. The average molecular weight is 285 g/mol. The van der Waals surface area contributed by atoms with Gasteiger partial charge in [0.25, 0.3) is 0 Å². The third-order valence-corrected chi connectivity index (χ3v) is 4.36. The van der Waals surface area contributed by atoms with Crippen LogP contribution in [0.15, 0.2) is 4.60 Å². The maximum Gasteiger partial charge on any atom is 0.133 e. The van der Waals surface area contributed by atoms with Crippen LogP contribution in [0.4, 0.5) is 0 Å². The number of halogens is 1. The molecule has 0 bridgehead atoms. The van der Waals surface area contributed by atoms with Crippen LogP contribution in [0.25, 0.3) is 0 Å². The van der Waals surface area contributed by atoms with E-state index in [1.807, 2.05) is 0 Å². The molecule has 0 amide bonds. The van der Waals surface area contributed by atoms with E-state index in [0.29, 0.717) is 6.04 Å². The monoisotopic (exact) mass is 284 g/mol. The van der Waals surface area contributed by atoms with Crippen LogP contribution in [0.1, 0.15) is 49.4 Å². The second-order valence-corrected chi connectivity index (χ2v) is 5.51. The topological polar surface area (TPSA) is 27.1 Å². The van der Waals surface area contributed by atoms with Gasteiger partial charge >= 0.3 is 0 Å². The molecule has 4 heteroatoms. The molecule has 16 heavy (non-hydrogen) atoms. The minimum absolute atomic E-state index is 0.631. The van der Waals surface area contributed by atoms with Gasteiger partial charge in [0.05, 0.1) is 19.3 Å². The van der Waals surface area contributed by atoms with Gasteiger partial charge in [-0.3, -0.25) is 4.68 Å². The Morgan fingerprint density at radius 2 is 2.06 bits per heavy atom. The Kier molecular flexibility index (Phi) is 3.03. The van der Waals surface area contributed by atoms with Gasteiger partial charge in [0.15, 0.2) is 0 Å². The van der Waals surface area contributed by atoms with Gasteiger partial charge in [-0.05, 0) is 28.8 Å². The highest BCUT2D eigenvalue weighted by Crippen LogP contribution is 2.33. The lowest BCUT2D eigenvalue weighted by atomic mass is 9.95. The van der Waals surface area contributed by atoms with E-state index in [1.54, 1.807) is 0 Å². The summed E-state index contributed by atoms with van der Waals surface area (Å²) in [6.45, 7) is 1.57. The first kappa shape index (κ1) is 10.8. The van der Waals surface area contributed by atoms with Crippen molar-refractivity contribution in [2.24, 2.45) is 0 Å². The highest BCUT2D eigenvalue weighted by molar-refractivity contribution is 9.10. The predicted molar refractivity (Wildman–Crippen MR) is 65.4 cm³/mol. The Labute approximate surface area is 104 Å². The molecule has 2 heterocycles. The molecule has 88 valence electrons. The Morgan fingerprint density at radius 1 is 1.25 bits per heavy atom. The van der Waals surface area contributed by atoms with Gasteiger partial charge < -0.3 is 4.74 Å². The molecule has 0 N–H and O–H groups in total. The third-order valence-electron chi connectivity index (χ3n) is 3.72. The van der Waals surface area contributed by atoms with Gasteiger partial charge in [0.2, 0.25) is 0 Å². The van der Waals surface area contributed by atoms with Crippen LogP contribution in [-0.4, -0.2) is 16.4 Å². The molecule has 0 spiro atoms. The zero-order valence-electron chi connectivity index (χ0n) is 9.41. The van der Waals surface area contributed by atoms with Crippen molar-refractivity contribution in [1.82, 2.24) is 9.78 Å². The van der Waals surface area contributed by atoms with Crippen LogP contribution < -0.4 is 0 Å². The van der Waals surface area contributed by atoms with Crippen LogP contribution in [0.2, 0.25) is 0 Å². The van der Waals surface area contributed by atoms with E-state index in [4.69, 9.17) is 4.74 Å². The lowest BCUT2D eigenvalue weighted by Crippen LogP contribution is -2.19. The van der Waals surface area contributed by atoms with E-state index < -0.39 is 0 Å². The SMILES string of the molecule is Brc1nn(C2CCCCC2)c2c1COCC2. The maximum atomic E-state index is 5.49. The van der Waals surface area contributed by atoms with E-state index in [-0.39, 0.29) is 0 Å². The molecule has 0 aromatic carbocycles. The molecule has 1 fully saturated rings. The van der Waals surface area contributed by atoms with Crippen molar-refractivity contribution in [3.8, 4) is 0 Å². The number of ether oxygens (including phenoxy) is 1. The van der Waals surface area contributed by atoms with Crippen LogP contribution in [0.3, 0.4) is 0 Å². The fourth-order valence-corrected chi connectivity index (χ4v) is 3.37. The van der Waals surface area contributed by atoms with Gasteiger partial charge in [0, 0.05) is 17.7 Å². The number of nitrogens with zero attached hydrogens (tertiary/aromatic N) is 2. The zero-order chi connectivity index (χ0) is 11.0. The molecular weight excluding hydrogens is 268 g/mol. The summed E-state index contributed by atoms with van der Waals surface area (Å²) in [7, 11) is 0. The zero-order valence-corrected chi connectivity index (χ0v) is 11.0. The van der Waals surface area contributed by atoms with Gasteiger partial charge in [-0.1, -0.05) is 19.3 Å². The Hall–Kier alpha value is -0.350. The number of rotatable bonds is 1. The Morgan fingerprint density at radius 3 is 2.88 bits per heavy atom. The molecule has 3 rings (SSSR count). The van der Waals surface area contributed by atoms with Crippen molar-refractivity contribution in [1.29, 1.82) is 0 Å². The molecule has 0 unspecified atom stereocenters. The highest BCUT2D eigenvalue weighted by Gasteiger charge is 2.25. The fourth-order valence-electron chi connectivity index (χ4n) is 2.85. The number of aromatic nitrogens is 2. The summed E-state index contributed by atoms with van der Waals surface area (Å²) < 4.78 is 8.77. The second kappa shape index (κ2) is 4.49. The lowest BCUT2D eigenvalue weighted by molar-refractivity contribution is 0.107. The van der Waals surface area contributed by atoms with Crippen molar-refractivity contribution in [3.05, 3.63) is 15.9 Å². The van der Waals surface area contributed by atoms with Crippen molar-refractivity contribution in [2.75, 3.05) is 6.61 Å².